The van der Waals surface area contributed by atoms with E-state index in [1.807, 2.05) is 61.6 Å². The number of hydrogen-bond donors (Lipinski definition) is 2. The van der Waals surface area contributed by atoms with Crippen LogP contribution in [0.5, 0.6) is 0 Å². The minimum atomic E-state index is 0.747. The van der Waals surface area contributed by atoms with Gasteiger partial charge in [-0.2, -0.15) is 5.10 Å². The molecule has 118 valence electrons. The Hall–Kier alpha value is -3.41. The summed E-state index contributed by atoms with van der Waals surface area (Å²) in [6.07, 6.45) is 3.31. The maximum absolute atomic E-state index is 4.31. The number of nitrogens with zero attached hydrogens (tertiary/aromatic N) is 4. The molecule has 0 aliphatic carbocycles. The van der Waals surface area contributed by atoms with Crippen molar-refractivity contribution in [3.8, 4) is 0 Å². The average molecular weight is 316 g/mol. The van der Waals surface area contributed by atoms with Gasteiger partial charge < -0.3 is 10.6 Å². The Morgan fingerprint density at radius 2 is 1.46 bits per heavy atom. The first-order chi connectivity index (χ1) is 11.8. The summed E-state index contributed by atoms with van der Waals surface area (Å²) in [5.41, 5.74) is 3.85. The number of aryl methyl sites for hydroxylation is 1. The summed E-state index contributed by atoms with van der Waals surface area (Å²) in [4.78, 5) is 8.56. The van der Waals surface area contributed by atoms with Crippen LogP contribution in [0.2, 0.25) is 0 Å². The maximum Gasteiger partial charge on any atom is 0.163 e. The summed E-state index contributed by atoms with van der Waals surface area (Å²) in [5, 5.41) is 11.8. The van der Waals surface area contributed by atoms with Crippen molar-refractivity contribution in [3.05, 3.63) is 67.1 Å². The fraction of sp³-hybridized carbons (Fsp3) is 0.0556. The van der Waals surface area contributed by atoms with E-state index in [0.717, 1.165) is 33.9 Å². The highest BCUT2D eigenvalue weighted by molar-refractivity contribution is 5.88. The van der Waals surface area contributed by atoms with E-state index in [9.17, 15) is 0 Å². The standard InChI is InChI=1S/C18H16N6/c1-24-18-16(11-21-24)17(19-12-20-18)23-15-9-7-14(8-10-15)22-13-5-3-2-4-6-13/h2-12,22H,1H3,(H,19,20,23). The van der Waals surface area contributed by atoms with Gasteiger partial charge in [-0.05, 0) is 36.4 Å². The molecule has 24 heavy (non-hydrogen) atoms. The predicted molar refractivity (Wildman–Crippen MR) is 95.8 cm³/mol. The van der Waals surface area contributed by atoms with Crippen molar-refractivity contribution in [1.29, 1.82) is 0 Å². The molecular formula is C18H16N6. The molecule has 0 radical (unpaired) electrons. The topological polar surface area (TPSA) is 67.7 Å². The molecule has 2 aromatic carbocycles. The van der Waals surface area contributed by atoms with E-state index in [0.29, 0.717) is 0 Å². The fourth-order valence-corrected chi connectivity index (χ4v) is 2.52. The summed E-state index contributed by atoms with van der Waals surface area (Å²) >= 11 is 0. The third-order valence-electron chi connectivity index (χ3n) is 3.74. The number of fused-ring (bicyclic) bond motifs is 1. The molecule has 4 aromatic rings. The molecule has 0 aliphatic heterocycles. The van der Waals surface area contributed by atoms with Crippen LogP contribution in [-0.4, -0.2) is 19.7 Å². The van der Waals surface area contributed by atoms with Crippen molar-refractivity contribution >= 4 is 33.9 Å². The van der Waals surface area contributed by atoms with Gasteiger partial charge in [-0.25, -0.2) is 9.97 Å². The number of hydrogen-bond acceptors (Lipinski definition) is 5. The number of aromatic nitrogens is 4. The van der Waals surface area contributed by atoms with Crippen LogP contribution < -0.4 is 10.6 Å². The molecule has 0 fully saturated rings. The zero-order valence-corrected chi connectivity index (χ0v) is 13.1. The van der Waals surface area contributed by atoms with Crippen molar-refractivity contribution in [2.45, 2.75) is 0 Å². The molecular weight excluding hydrogens is 300 g/mol. The first-order valence-corrected chi connectivity index (χ1v) is 7.61. The molecule has 0 saturated heterocycles. The molecule has 2 aromatic heterocycles. The lowest BCUT2D eigenvalue weighted by molar-refractivity contribution is 0.785. The van der Waals surface area contributed by atoms with Crippen LogP contribution in [0, 0.1) is 0 Å². The second-order valence-electron chi connectivity index (χ2n) is 5.42. The predicted octanol–water partition coefficient (Wildman–Crippen LogP) is 3.85. The van der Waals surface area contributed by atoms with Crippen LogP contribution in [0.3, 0.4) is 0 Å². The minimum Gasteiger partial charge on any atom is -0.356 e. The first kappa shape index (κ1) is 14.2. The van der Waals surface area contributed by atoms with E-state index in [2.05, 4.69) is 25.7 Å². The Kier molecular flexibility index (Phi) is 3.55. The lowest BCUT2D eigenvalue weighted by atomic mass is 10.2. The van der Waals surface area contributed by atoms with Crippen LogP contribution >= 0.6 is 0 Å². The molecule has 6 heteroatoms. The summed E-state index contributed by atoms with van der Waals surface area (Å²) in [6, 6.07) is 18.1. The maximum atomic E-state index is 4.31. The number of anilines is 4. The second kappa shape index (κ2) is 6.00. The average Bonchev–Trinajstić information content (AvgIpc) is 3.00. The van der Waals surface area contributed by atoms with Crippen LogP contribution in [0.1, 0.15) is 0 Å². The fourth-order valence-electron chi connectivity index (χ4n) is 2.52. The Morgan fingerprint density at radius 3 is 2.21 bits per heavy atom. The molecule has 0 amide bonds. The van der Waals surface area contributed by atoms with Crippen molar-refractivity contribution in [2.75, 3.05) is 10.6 Å². The zero-order chi connectivity index (χ0) is 16.4. The number of benzene rings is 2. The molecule has 0 bridgehead atoms. The first-order valence-electron chi connectivity index (χ1n) is 7.61. The van der Waals surface area contributed by atoms with Crippen LogP contribution in [-0.2, 0) is 7.05 Å². The second-order valence-corrected chi connectivity index (χ2v) is 5.42. The minimum absolute atomic E-state index is 0.747. The molecule has 4 rings (SSSR count). The van der Waals surface area contributed by atoms with Gasteiger partial charge in [0, 0.05) is 24.1 Å². The summed E-state index contributed by atoms with van der Waals surface area (Å²) in [7, 11) is 1.86. The van der Waals surface area contributed by atoms with Crippen molar-refractivity contribution < 1.29 is 0 Å². The molecule has 0 aliphatic rings. The number of rotatable bonds is 4. The highest BCUT2D eigenvalue weighted by Gasteiger charge is 2.07. The molecule has 6 nitrogen and oxygen atoms in total. The Balaban J connectivity index is 1.55. The number of nitrogens with one attached hydrogen (secondary N) is 2. The molecule has 0 saturated carbocycles. The lowest BCUT2D eigenvalue weighted by Gasteiger charge is -2.09. The molecule has 0 atom stereocenters. The van der Waals surface area contributed by atoms with Gasteiger partial charge in [-0.15, -0.1) is 0 Å². The van der Waals surface area contributed by atoms with E-state index < -0.39 is 0 Å². The van der Waals surface area contributed by atoms with E-state index >= 15 is 0 Å². The lowest BCUT2D eigenvalue weighted by Crippen LogP contribution is -1.97. The number of para-hydroxylation sites is 1. The Morgan fingerprint density at radius 1 is 0.792 bits per heavy atom. The quantitative estimate of drug-likeness (QED) is 0.598. The van der Waals surface area contributed by atoms with Gasteiger partial charge in [-0.3, -0.25) is 4.68 Å². The van der Waals surface area contributed by atoms with Gasteiger partial charge in [-0.1, -0.05) is 18.2 Å². The van der Waals surface area contributed by atoms with Crippen LogP contribution in [0.25, 0.3) is 11.0 Å². The van der Waals surface area contributed by atoms with Crippen molar-refractivity contribution in [3.63, 3.8) is 0 Å². The summed E-state index contributed by atoms with van der Waals surface area (Å²) in [6.45, 7) is 0. The summed E-state index contributed by atoms with van der Waals surface area (Å²) in [5.74, 6) is 0.747. The Labute approximate surface area is 139 Å². The van der Waals surface area contributed by atoms with E-state index in [1.54, 1.807) is 10.9 Å². The molecule has 2 N–H and O–H groups in total. The normalized spacial score (nSPS) is 10.7. The van der Waals surface area contributed by atoms with Crippen LogP contribution in [0.15, 0.2) is 67.1 Å². The zero-order valence-electron chi connectivity index (χ0n) is 13.1. The van der Waals surface area contributed by atoms with Gasteiger partial charge in [0.25, 0.3) is 0 Å². The monoisotopic (exact) mass is 316 g/mol. The Bertz CT molecular complexity index is 960. The smallest absolute Gasteiger partial charge is 0.163 e. The van der Waals surface area contributed by atoms with Crippen molar-refractivity contribution in [1.82, 2.24) is 19.7 Å². The highest BCUT2D eigenvalue weighted by Crippen LogP contribution is 2.24. The van der Waals surface area contributed by atoms with E-state index in [-0.39, 0.29) is 0 Å². The third kappa shape index (κ3) is 2.77. The summed E-state index contributed by atoms with van der Waals surface area (Å²) < 4.78 is 1.73. The van der Waals surface area contributed by atoms with Crippen LogP contribution in [0.4, 0.5) is 22.9 Å². The van der Waals surface area contributed by atoms with Gasteiger partial charge >= 0.3 is 0 Å². The van der Waals surface area contributed by atoms with E-state index in [1.165, 1.54) is 6.33 Å². The van der Waals surface area contributed by atoms with Gasteiger partial charge in [0.1, 0.15) is 12.1 Å². The van der Waals surface area contributed by atoms with Gasteiger partial charge in [0.15, 0.2) is 5.65 Å². The molecule has 0 unspecified atom stereocenters. The third-order valence-corrected chi connectivity index (χ3v) is 3.74. The van der Waals surface area contributed by atoms with E-state index in [4.69, 9.17) is 0 Å². The highest BCUT2D eigenvalue weighted by atomic mass is 15.3. The molecule has 2 heterocycles. The molecule has 0 spiro atoms. The van der Waals surface area contributed by atoms with Gasteiger partial charge in [0.05, 0.1) is 11.6 Å². The van der Waals surface area contributed by atoms with Gasteiger partial charge in [0.2, 0.25) is 0 Å². The largest absolute Gasteiger partial charge is 0.356 e. The SMILES string of the molecule is Cn1ncc2c(Nc3ccc(Nc4ccccc4)cc3)ncnc21. The van der Waals surface area contributed by atoms with Crippen molar-refractivity contribution in [2.24, 2.45) is 7.05 Å².